The van der Waals surface area contributed by atoms with E-state index in [0.717, 1.165) is 17.9 Å². The third-order valence-corrected chi connectivity index (χ3v) is 2.44. The maximum atomic E-state index is 12.1. The molecule has 1 amide bonds. The zero-order chi connectivity index (χ0) is 13.8. The Morgan fingerprint density at radius 1 is 1.26 bits per heavy atom. The van der Waals surface area contributed by atoms with Crippen molar-refractivity contribution in [3.8, 4) is 0 Å². The topological polar surface area (TPSA) is 80.0 Å². The monoisotopic (exact) mass is 260 g/mol. The minimum absolute atomic E-state index is 0.249. The van der Waals surface area contributed by atoms with Crippen LogP contribution in [0.25, 0.3) is 0 Å². The lowest BCUT2D eigenvalue weighted by Gasteiger charge is -2.07. The molecule has 6 heteroatoms. The van der Waals surface area contributed by atoms with Crippen LogP contribution in [0.15, 0.2) is 22.7 Å². The summed E-state index contributed by atoms with van der Waals surface area (Å²) >= 11 is 0. The second-order valence-corrected chi connectivity index (χ2v) is 4.20. The van der Waals surface area contributed by atoms with Crippen LogP contribution in [0, 0.1) is 13.8 Å². The van der Waals surface area contributed by atoms with Crippen LogP contribution in [0.1, 0.15) is 28.7 Å². The van der Waals surface area contributed by atoms with Crippen LogP contribution in [-0.4, -0.2) is 22.6 Å². The van der Waals surface area contributed by atoms with Crippen molar-refractivity contribution < 1.29 is 9.32 Å². The van der Waals surface area contributed by atoms with Crippen LogP contribution in [-0.2, 0) is 0 Å². The van der Waals surface area contributed by atoms with E-state index in [1.807, 2.05) is 13.8 Å². The maximum Gasteiger partial charge on any atom is 0.258 e. The van der Waals surface area contributed by atoms with E-state index in [-0.39, 0.29) is 5.91 Å². The third kappa shape index (κ3) is 3.31. The Bertz CT molecular complexity index is 592. The van der Waals surface area contributed by atoms with Crippen molar-refractivity contribution in [3.63, 3.8) is 0 Å². The first-order valence-corrected chi connectivity index (χ1v) is 6.05. The lowest BCUT2D eigenvalue weighted by Crippen LogP contribution is -2.13. The van der Waals surface area contributed by atoms with Crippen molar-refractivity contribution in [1.82, 2.24) is 10.1 Å². The molecule has 2 N–H and O–H groups in total. The highest BCUT2D eigenvalue weighted by atomic mass is 16.5. The molecule has 0 spiro atoms. The Labute approximate surface area is 111 Å². The summed E-state index contributed by atoms with van der Waals surface area (Å²) in [5.74, 6) is 0.768. The van der Waals surface area contributed by atoms with Gasteiger partial charge in [-0.15, -0.1) is 0 Å². The fourth-order valence-electron chi connectivity index (χ4n) is 1.68. The molecule has 0 aromatic carbocycles. The van der Waals surface area contributed by atoms with Crippen molar-refractivity contribution in [2.45, 2.75) is 20.8 Å². The number of aryl methyl sites for hydroxylation is 2. The molecule has 0 bridgehead atoms. The van der Waals surface area contributed by atoms with E-state index in [4.69, 9.17) is 4.52 Å². The SMILES string of the molecule is CCNc1cc(C(=O)Nc2cc(C)no2)cc(C)n1. The smallest absolute Gasteiger partial charge is 0.258 e. The molecule has 0 aliphatic rings. The van der Waals surface area contributed by atoms with E-state index in [1.54, 1.807) is 25.1 Å². The van der Waals surface area contributed by atoms with Gasteiger partial charge in [0.2, 0.25) is 5.88 Å². The molecule has 2 aromatic rings. The number of nitrogens with zero attached hydrogens (tertiary/aromatic N) is 2. The van der Waals surface area contributed by atoms with Crippen LogP contribution in [0.2, 0.25) is 0 Å². The molecular formula is C13H16N4O2. The molecule has 100 valence electrons. The summed E-state index contributed by atoms with van der Waals surface area (Å²) in [6.45, 7) is 6.36. The van der Waals surface area contributed by atoms with Gasteiger partial charge in [-0.25, -0.2) is 4.98 Å². The average Bonchev–Trinajstić information content (AvgIpc) is 2.74. The van der Waals surface area contributed by atoms with E-state index in [2.05, 4.69) is 20.8 Å². The number of pyridine rings is 1. The Morgan fingerprint density at radius 3 is 2.68 bits per heavy atom. The Kier molecular flexibility index (Phi) is 3.79. The Morgan fingerprint density at radius 2 is 2.05 bits per heavy atom. The minimum atomic E-state index is -0.249. The van der Waals surface area contributed by atoms with Gasteiger partial charge in [-0.3, -0.25) is 10.1 Å². The molecule has 6 nitrogen and oxygen atoms in total. The molecule has 0 aliphatic heterocycles. The molecule has 0 atom stereocenters. The summed E-state index contributed by atoms with van der Waals surface area (Å²) in [6, 6.07) is 5.09. The number of amides is 1. The molecule has 0 radical (unpaired) electrons. The van der Waals surface area contributed by atoms with E-state index < -0.39 is 0 Å². The number of rotatable bonds is 4. The average molecular weight is 260 g/mol. The molecule has 0 saturated heterocycles. The molecule has 19 heavy (non-hydrogen) atoms. The number of anilines is 2. The Balaban J connectivity index is 2.18. The van der Waals surface area contributed by atoms with Gasteiger partial charge in [-0.1, -0.05) is 5.16 Å². The predicted molar refractivity (Wildman–Crippen MR) is 72.3 cm³/mol. The van der Waals surface area contributed by atoms with E-state index in [9.17, 15) is 4.79 Å². The molecular weight excluding hydrogens is 244 g/mol. The quantitative estimate of drug-likeness (QED) is 0.882. The largest absolute Gasteiger partial charge is 0.370 e. The first-order valence-electron chi connectivity index (χ1n) is 6.05. The van der Waals surface area contributed by atoms with Crippen molar-refractivity contribution in [2.24, 2.45) is 0 Å². The summed E-state index contributed by atoms with van der Waals surface area (Å²) in [6.07, 6.45) is 0. The molecule has 0 saturated carbocycles. The molecule has 0 fully saturated rings. The highest BCUT2D eigenvalue weighted by Crippen LogP contribution is 2.14. The lowest BCUT2D eigenvalue weighted by molar-refractivity contribution is 0.102. The minimum Gasteiger partial charge on any atom is -0.370 e. The van der Waals surface area contributed by atoms with Gasteiger partial charge in [0.15, 0.2) is 0 Å². The Hall–Kier alpha value is -2.37. The number of carbonyl (C=O) groups excluding carboxylic acids is 1. The highest BCUT2D eigenvalue weighted by Gasteiger charge is 2.11. The normalized spacial score (nSPS) is 10.3. The number of carbonyl (C=O) groups is 1. The van der Waals surface area contributed by atoms with Gasteiger partial charge in [-0.2, -0.15) is 0 Å². The third-order valence-electron chi connectivity index (χ3n) is 2.44. The molecule has 2 aromatic heterocycles. The van der Waals surface area contributed by atoms with Crippen molar-refractivity contribution in [1.29, 1.82) is 0 Å². The molecule has 2 rings (SSSR count). The van der Waals surface area contributed by atoms with Gasteiger partial charge < -0.3 is 9.84 Å². The van der Waals surface area contributed by atoms with Gasteiger partial charge in [-0.05, 0) is 32.9 Å². The summed E-state index contributed by atoms with van der Waals surface area (Å²) in [5, 5.41) is 9.45. The highest BCUT2D eigenvalue weighted by molar-refractivity contribution is 6.04. The van der Waals surface area contributed by atoms with Crippen LogP contribution < -0.4 is 10.6 Å². The molecule has 2 heterocycles. The van der Waals surface area contributed by atoms with Gasteiger partial charge in [0.25, 0.3) is 5.91 Å². The van der Waals surface area contributed by atoms with Gasteiger partial charge in [0.05, 0.1) is 5.69 Å². The van der Waals surface area contributed by atoms with Crippen LogP contribution in [0.3, 0.4) is 0 Å². The van der Waals surface area contributed by atoms with Gasteiger partial charge in [0, 0.05) is 23.9 Å². The van der Waals surface area contributed by atoms with Crippen molar-refractivity contribution >= 4 is 17.6 Å². The fraction of sp³-hybridized carbons (Fsp3) is 0.308. The second-order valence-electron chi connectivity index (χ2n) is 4.20. The van der Waals surface area contributed by atoms with E-state index >= 15 is 0 Å². The second kappa shape index (κ2) is 5.51. The van der Waals surface area contributed by atoms with Gasteiger partial charge in [0.1, 0.15) is 5.82 Å². The number of aromatic nitrogens is 2. The first-order chi connectivity index (χ1) is 9.08. The van der Waals surface area contributed by atoms with Crippen molar-refractivity contribution in [3.05, 3.63) is 35.2 Å². The zero-order valence-corrected chi connectivity index (χ0v) is 11.2. The number of hydrogen-bond donors (Lipinski definition) is 2. The van der Waals surface area contributed by atoms with Crippen LogP contribution in [0.4, 0.5) is 11.7 Å². The van der Waals surface area contributed by atoms with Crippen LogP contribution >= 0.6 is 0 Å². The molecule has 0 unspecified atom stereocenters. The van der Waals surface area contributed by atoms with E-state index in [0.29, 0.717) is 17.3 Å². The van der Waals surface area contributed by atoms with Crippen LogP contribution in [0.5, 0.6) is 0 Å². The summed E-state index contributed by atoms with van der Waals surface area (Å²) in [5.41, 5.74) is 2.02. The first kappa shape index (κ1) is 13.1. The summed E-state index contributed by atoms with van der Waals surface area (Å²) in [7, 11) is 0. The van der Waals surface area contributed by atoms with Gasteiger partial charge >= 0.3 is 0 Å². The molecule has 0 aliphatic carbocycles. The number of hydrogen-bond acceptors (Lipinski definition) is 5. The standard InChI is InChI=1S/C13H16N4O2/c1-4-14-11-7-10(5-8(2)15-11)13(18)16-12-6-9(3)17-19-12/h5-7H,4H2,1-3H3,(H,14,15)(H,16,18). The maximum absolute atomic E-state index is 12.1. The van der Waals surface area contributed by atoms with E-state index in [1.165, 1.54) is 0 Å². The predicted octanol–water partition coefficient (Wildman–Crippen LogP) is 2.37. The zero-order valence-electron chi connectivity index (χ0n) is 11.2. The number of nitrogens with one attached hydrogen (secondary N) is 2. The van der Waals surface area contributed by atoms with Crippen molar-refractivity contribution in [2.75, 3.05) is 17.2 Å². The lowest BCUT2D eigenvalue weighted by atomic mass is 10.2. The summed E-state index contributed by atoms with van der Waals surface area (Å²) in [4.78, 5) is 16.4. The fourth-order valence-corrected chi connectivity index (χ4v) is 1.68. The summed E-state index contributed by atoms with van der Waals surface area (Å²) < 4.78 is 4.95.